The molecule has 106 valence electrons. The van der Waals surface area contributed by atoms with Crippen LogP contribution in [0.5, 0.6) is 0 Å². The molecule has 1 fully saturated rings. The highest BCUT2D eigenvalue weighted by molar-refractivity contribution is 5.62. The van der Waals surface area contributed by atoms with E-state index < -0.39 is 17.4 Å². The second-order valence-corrected chi connectivity index (χ2v) is 5.02. The van der Waals surface area contributed by atoms with E-state index in [0.29, 0.717) is 19.6 Å². The number of nitrogens with two attached hydrogens (primary N) is 1. The minimum atomic E-state index is -0.500. The Balaban J connectivity index is 2.46. The molecular formula is C12H20N4O3. The first-order valence-corrected chi connectivity index (χ1v) is 6.51. The van der Waals surface area contributed by atoms with Crippen LogP contribution in [0.3, 0.4) is 0 Å². The molecule has 7 heteroatoms. The zero-order chi connectivity index (χ0) is 14.2. The Labute approximate surface area is 110 Å². The van der Waals surface area contributed by atoms with Crippen LogP contribution in [-0.2, 0) is 6.54 Å². The van der Waals surface area contributed by atoms with E-state index in [1.807, 2.05) is 6.92 Å². The molecule has 1 aliphatic rings. The SMILES string of the molecule is CCn1c(N)c(N2CCC(C)C(O)C2)c(=O)[nH]c1=O. The maximum atomic E-state index is 11.9. The summed E-state index contributed by atoms with van der Waals surface area (Å²) in [7, 11) is 0. The summed E-state index contributed by atoms with van der Waals surface area (Å²) in [6.45, 7) is 5.15. The molecule has 2 rings (SSSR count). The van der Waals surface area contributed by atoms with E-state index in [4.69, 9.17) is 5.73 Å². The number of nitrogens with zero attached hydrogens (tertiary/aromatic N) is 2. The van der Waals surface area contributed by atoms with Crippen molar-refractivity contribution in [3.63, 3.8) is 0 Å². The minimum absolute atomic E-state index is 0.165. The lowest BCUT2D eigenvalue weighted by atomic mass is 9.96. The number of hydrogen-bond donors (Lipinski definition) is 3. The van der Waals surface area contributed by atoms with E-state index in [1.54, 1.807) is 11.8 Å². The van der Waals surface area contributed by atoms with Gasteiger partial charge in [0.15, 0.2) is 0 Å². The quantitative estimate of drug-likeness (QED) is 0.661. The summed E-state index contributed by atoms with van der Waals surface area (Å²) in [4.78, 5) is 27.6. The van der Waals surface area contributed by atoms with Crippen molar-refractivity contribution < 1.29 is 5.11 Å². The summed E-state index contributed by atoms with van der Waals surface area (Å²) >= 11 is 0. The summed E-state index contributed by atoms with van der Waals surface area (Å²) in [5, 5.41) is 9.91. The van der Waals surface area contributed by atoms with Crippen molar-refractivity contribution in [2.24, 2.45) is 5.92 Å². The molecule has 1 aliphatic heterocycles. The molecule has 0 spiro atoms. The molecule has 0 bridgehead atoms. The Morgan fingerprint density at radius 1 is 1.47 bits per heavy atom. The summed E-state index contributed by atoms with van der Waals surface area (Å²) in [6.07, 6.45) is 0.292. The van der Waals surface area contributed by atoms with Gasteiger partial charge in [-0.05, 0) is 19.3 Å². The average molecular weight is 268 g/mol. The fraction of sp³-hybridized carbons (Fsp3) is 0.667. The maximum absolute atomic E-state index is 11.9. The Kier molecular flexibility index (Phi) is 3.66. The summed E-state index contributed by atoms with van der Waals surface area (Å²) in [6, 6.07) is 0. The lowest BCUT2D eigenvalue weighted by Crippen LogP contribution is -2.47. The Morgan fingerprint density at radius 2 is 2.16 bits per heavy atom. The summed E-state index contributed by atoms with van der Waals surface area (Å²) in [5.41, 5.74) is 5.22. The van der Waals surface area contributed by atoms with Crippen LogP contribution in [0.4, 0.5) is 11.5 Å². The molecule has 1 aromatic heterocycles. The molecule has 19 heavy (non-hydrogen) atoms. The van der Waals surface area contributed by atoms with E-state index in [9.17, 15) is 14.7 Å². The second-order valence-electron chi connectivity index (χ2n) is 5.02. The number of nitrogens with one attached hydrogen (secondary N) is 1. The molecule has 0 amide bonds. The summed E-state index contributed by atoms with van der Waals surface area (Å²) in [5.74, 6) is 0.367. The molecule has 0 aromatic carbocycles. The van der Waals surface area contributed by atoms with Gasteiger partial charge in [0.25, 0.3) is 5.56 Å². The number of aliphatic hydroxyl groups excluding tert-OH is 1. The predicted octanol–water partition coefficient (Wildman–Crippen LogP) is -0.654. The van der Waals surface area contributed by atoms with Crippen molar-refractivity contribution in [2.45, 2.75) is 32.9 Å². The van der Waals surface area contributed by atoms with Gasteiger partial charge in [0, 0.05) is 19.6 Å². The first kappa shape index (κ1) is 13.7. The number of aromatic nitrogens is 2. The highest BCUT2D eigenvalue weighted by Gasteiger charge is 2.28. The molecule has 0 radical (unpaired) electrons. The van der Waals surface area contributed by atoms with Crippen LogP contribution < -0.4 is 21.9 Å². The first-order chi connectivity index (χ1) is 8.95. The number of H-pyrrole nitrogens is 1. The molecular weight excluding hydrogens is 248 g/mol. The number of β-amino-alcohol motifs (C(OH)–C–C–N with tert-alkyl or cyclic N) is 1. The Morgan fingerprint density at radius 3 is 2.74 bits per heavy atom. The third kappa shape index (κ3) is 2.37. The van der Waals surface area contributed by atoms with Gasteiger partial charge in [0.2, 0.25) is 0 Å². The van der Waals surface area contributed by atoms with E-state index in [2.05, 4.69) is 4.98 Å². The first-order valence-electron chi connectivity index (χ1n) is 6.51. The van der Waals surface area contributed by atoms with Gasteiger partial charge in [0.05, 0.1) is 6.10 Å². The van der Waals surface area contributed by atoms with Crippen LogP contribution in [0.1, 0.15) is 20.3 Å². The van der Waals surface area contributed by atoms with Crippen molar-refractivity contribution in [3.05, 3.63) is 20.8 Å². The van der Waals surface area contributed by atoms with Crippen LogP contribution in [0.2, 0.25) is 0 Å². The molecule has 0 saturated carbocycles. The predicted molar refractivity (Wildman–Crippen MR) is 73.4 cm³/mol. The fourth-order valence-electron chi connectivity index (χ4n) is 2.45. The van der Waals surface area contributed by atoms with Gasteiger partial charge in [-0.1, -0.05) is 6.92 Å². The van der Waals surface area contributed by atoms with Gasteiger partial charge >= 0.3 is 5.69 Å². The van der Waals surface area contributed by atoms with E-state index in [1.165, 1.54) is 4.57 Å². The molecule has 4 N–H and O–H groups in total. The fourth-order valence-corrected chi connectivity index (χ4v) is 2.45. The number of rotatable bonds is 2. The van der Waals surface area contributed by atoms with Gasteiger partial charge in [-0.3, -0.25) is 14.3 Å². The standard InChI is InChI=1S/C12H20N4O3/c1-3-16-10(13)9(11(18)14-12(16)19)15-5-4-7(2)8(17)6-15/h7-8,17H,3-6,13H2,1-2H3,(H,14,18,19). The van der Waals surface area contributed by atoms with Crippen LogP contribution >= 0.6 is 0 Å². The Bertz CT molecular complexity index is 577. The van der Waals surface area contributed by atoms with Gasteiger partial charge < -0.3 is 15.7 Å². The van der Waals surface area contributed by atoms with Crippen LogP contribution in [0, 0.1) is 5.92 Å². The van der Waals surface area contributed by atoms with Gasteiger partial charge in [-0.25, -0.2) is 4.79 Å². The number of aliphatic hydroxyl groups is 1. The average Bonchev–Trinajstić information content (AvgIpc) is 2.33. The molecule has 2 atom stereocenters. The molecule has 2 unspecified atom stereocenters. The lowest BCUT2D eigenvalue weighted by molar-refractivity contribution is 0.103. The third-order valence-corrected chi connectivity index (χ3v) is 3.77. The normalized spacial score (nSPS) is 23.6. The van der Waals surface area contributed by atoms with E-state index in [-0.39, 0.29) is 17.4 Å². The van der Waals surface area contributed by atoms with E-state index in [0.717, 1.165) is 6.42 Å². The highest BCUT2D eigenvalue weighted by atomic mass is 16.3. The van der Waals surface area contributed by atoms with Crippen molar-refractivity contribution in [1.82, 2.24) is 9.55 Å². The summed E-state index contributed by atoms with van der Waals surface area (Å²) < 4.78 is 1.32. The zero-order valence-corrected chi connectivity index (χ0v) is 11.2. The minimum Gasteiger partial charge on any atom is -0.391 e. The Hall–Kier alpha value is -1.76. The second kappa shape index (κ2) is 5.08. The molecule has 1 aromatic rings. The van der Waals surface area contributed by atoms with Crippen LogP contribution in [0.15, 0.2) is 9.59 Å². The highest BCUT2D eigenvalue weighted by Crippen LogP contribution is 2.24. The molecule has 1 saturated heterocycles. The topological polar surface area (TPSA) is 104 Å². The molecule has 0 aliphatic carbocycles. The number of piperidine rings is 1. The van der Waals surface area contributed by atoms with Crippen molar-refractivity contribution in [1.29, 1.82) is 0 Å². The van der Waals surface area contributed by atoms with Crippen molar-refractivity contribution in [3.8, 4) is 0 Å². The molecule has 2 heterocycles. The lowest BCUT2D eigenvalue weighted by Gasteiger charge is -2.35. The maximum Gasteiger partial charge on any atom is 0.330 e. The number of aromatic amines is 1. The van der Waals surface area contributed by atoms with Crippen molar-refractivity contribution >= 4 is 11.5 Å². The van der Waals surface area contributed by atoms with Crippen molar-refractivity contribution in [2.75, 3.05) is 23.7 Å². The van der Waals surface area contributed by atoms with Crippen LogP contribution in [-0.4, -0.2) is 33.9 Å². The zero-order valence-electron chi connectivity index (χ0n) is 11.2. The van der Waals surface area contributed by atoms with Crippen LogP contribution in [0.25, 0.3) is 0 Å². The monoisotopic (exact) mass is 268 g/mol. The number of hydrogen-bond acceptors (Lipinski definition) is 5. The number of nitrogen functional groups attached to an aromatic ring is 1. The largest absolute Gasteiger partial charge is 0.391 e. The number of anilines is 2. The molecule has 7 nitrogen and oxygen atoms in total. The van der Waals surface area contributed by atoms with Gasteiger partial charge in [0.1, 0.15) is 11.5 Å². The smallest absolute Gasteiger partial charge is 0.330 e. The van der Waals surface area contributed by atoms with Gasteiger partial charge in [-0.2, -0.15) is 0 Å². The van der Waals surface area contributed by atoms with Gasteiger partial charge in [-0.15, -0.1) is 0 Å². The van der Waals surface area contributed by atoms with E-state index >= 15 is 0 Å². The third-order valence-electron chi connectivity index (χ3n) is 3.77.